The molecule has 0 spiro atoms. The molecule has 2 aromatic rings. The molecule has 4 saturated carbocycles. The minimum atomic E-state index is 0.157. The molecule has 1 aromatic carbocycles. The average Bonchev–Trinajstić information content (AvgIpc) is 3.13. The van der Waals surface area contributed by atoms with E-state index < -0.39 is 0 Å². The minimum Gasteiger partial charge on any atom is -0.485 e. The zero-order valence-electron chi connectivity index (χ0n) is 17.0. The second-order valence-corrected chi connectivity index (χ2v) is 9.56. The van der Waals surface area contributed by atoms with Crippen molar-refractivity contribution in [1.82, 2.24) is 15.0 Å². The Morgan fingerprint density at radius 1 is 1.07 bits per heavy atom. The van der Waals surface area contributed by atoms with Crippen molar-refractivity contribution >= 4 is 0 Å². The van der Waals surface area contributed by atoms with Crippen LogP contribution in [0.25, 0.3) is 0 Å². The summed E-state index contributed by atoms with van der Waals surface area (Å²) >= 11 is 0. The summed E-state index contributed by atoms with van der Waals surface area (Å²) < 4.78 is 11.2. The van der Waals surface area contributed by atoms with Crippen LogP contribution in [0.2, 0.25) is 0 Å². The predicted molar refractivity (Wildman–Crippen MR) is 108 cm³/mol. The van der Waals surface area contributed by atoms with Gasteiger partial charge in [0.05, 0.1) is 13.2 Å². The summed E-state index contributed by atoms with van der Waals surface area (Å²) in [6.45, 7) is 2.74. The van der Waals surface area contributed by atoms with Gasteiger partial charge in [0.25, 0.3) is 0 Å². The standard InChI is InChI=1S/C23H31N3O3/c27-7-6-26(16-23-11-17-8-18(12-23)10-19(9-17)13-23)14-22-24-21(25-29-22)15-28-20-4-2-1-3-5-20/h1-5,17-19,27H,6-16H2. The van der Waals surface area contributed by atoms with E-state index in [0.29, 0.717) is 36.8 Å². The smallest absolute Gasteiger partial charge is 0.240 e. The van der Waals surface area contributed by atoms with Gasteiger partial charge in [-0.3, -0.25) is 4.90 Å². The zero-order valence-corrected chi connectivity index (χ0v) is 17.0. The molecule has 0 aliphatic heterocycles. The molecule has 0 unspecified atom stereocenters. The molecule has 0 atom stereocenters. The summed E-state index contributed by atoms with van der Waals surface area (Å²) in [5, 5.41) is 13.7. The molecule has 6 rings (SSSR count). The third-order valence-corrected chi connectivity index (χ3v) is 7.12. The Balaban J connectivity index is 1.20. The van der Waals surface area contributed by atoms with Crippen molar-refractivity contribution in [2.75, 3.05) is 19.7 Å². The number of hydrogen-bond acceptors (Lipinski definition) is 6. The zero-order chi connectivity index (χ0) is 19.7. The molecule has 4 aliphatic rings. The quantitative estimate of drug-likeness (QED) is 0.696. The second-order valence-electron chi connectivity index (χ2n) is 9.56. The van der Waals surface area contributed by atoms with E-state index in [4.69, 9.17) is 9.26 Å². The Bertz CT molecular complexity index is 771. The highest BCUT2D eigenvalue weighted by Gasteiger charge is 2.51. The first-order valence-electron chi connectivity index (χ1n) is 11.0. The van der Waals surface area contributed by atoms with E-state index in [0.717, 1.165) is 30.0 Å². The average molecular weight is 398 g/mol. The molecule has 6 heteroatoms. The van der Waals surface area contributed by atoms with Crippen LogP contribution in [-0.4, -0.2) is 39.8 Å². The van der Waals surface area contributed by atoms with Gasteiger partial charge in [-0.05, 0) is 73.8 Å². The Hall–Kier alpha value is -1.92. The maximum Gasteiger partial charge on any atom is 0.240 e. The van der Waals surface area contributed by atoms with Gasteiger partial charge >= 0.3 is 0 Å². The van der Waals surface area contributed by atoms with Crippen molar-refractivity contribution in [3.05, 3.63) is 42.0 Å². The topological polar surface area (TPSA) is 71.6 Å². The number of benzene rings is 1. The number of rotatable bonds is 9. The molecule has 6 nitrogen and oxygen atoms in total. The number of ether oxygens (including phenoxy) is 1. The molecule has 1 aromatic heterocycles. The van der Waals surface area contributed by atoms with Crippen LogP contribution in [0.4, 0.5) is 0 Å². The fraction of sp³-hybridized carbons (Fsp3) is 0.652. The van der Waals surface area contributed by atoms with Gasteiger partial charge in [-0.25, -0.2) is 0 Å². The lowest BCUT2D eigenvalue weighted by molar-refractivity contribution is -0.0723. The number of nitrogens with zero attached hydrogens (tertiary/aromatic N) is 3. The van der Waals surface area contributed by atoms with Gasteiger partial charge in [-0.1, -0.05) is 23.4 Å². The van der Waals surface area contributed by atoms with Crippen molar-refractivity contribution < 1.29 is 14.4 Å². The lowest BCUT2D eigenvalue weighted by Gasteiger charge is -2.57. The van der Waals surface area contributed by atoms with Crippen LogP contribution >= 0.6 is 0 Å². The predicted octanol–water partition coefficient (Wildman–Crippen LogP) is 3.66. The fourth-order valence-electron chi connectivity index (χ4n) is 6.58. The van der Waals surface area contributed by atoms with E-state index in [1.54, 1.807) is 0 Å². The van der Waals surface area contributed by atoms with Gasteiger partial charge in [0.15, 0.2) is 6.61 Å². The monoisotopic (exact) mass is 397 g/mol. The maximum atomic E-state index is 9.61. The third kappa shape index (κ3) is 4.33. The summed E-state index contributed by atoms with van der Waals surface area (Å²) in [6.07, 6.45) is 8.44. The van der Waals surface area contributed by atoms with E-state index in [1.807, 2.05) is 30.3 Å². The Labute approximate surface area is 172 Å². The summed E-state index contributed by atoms with van der Waals surface area (Å²) in [4.78, 5) is 6.84. The molecule has 4 fully saturated rings. The van der Waals surface area contributed by atoms with Crippen molar-refractivity contribution in [2.45, 2.75) is 51.7 Å². The van der Waals surface area contributed by atoms with Crippen LogP contribution in [-0.2, 0) is 13.2 Å². The summed E-state index contributed by atoms with van der Waals surface area (Å²) in [6, 6.07) is 9.66. The molecule has 29 heavy (non-hydrogen) atoms. The molecule has 4 bridgehead atoms. The first-order chi connectivity index (χ1) is 14.2. The highest BCUT2D eigenvalue weighted by molar-refractivity contribution is 5.20. The lowest BCUT2D eigenvalue weighted by Crippen LogP contribution is -2.51. The number of para-hydroxylation sites is 1. The number of aliphatic hydroxyl groups excluding tert-OH is 1. The molecular weight excluding hydrogens is 366 g/mol. The van der Waals surface area contributed by atoms with Gasteiger partial charge in [-0.15, -0.1) is 0 Å². The Morgan fingerprint density at radius 3 is 2.41 bits per heavy atom. The Kier molecular flexibility index (Phi) is 5.31. The molecule has 156 valence electrons. The van der Waals surface area contributed by atoms with Crippen molar-refractivity contribution in [2.24, 2.45) is 23.2 Å². The molecule has 0 saturated heterocycles. The van der Waals surface area contributed by atoms with Crippen LogP contribution in [0, 0.1) is 23.2 Å². The minimum absolute atomic E-state index is 0.157. The van der Waals surface area contributed by atoms with E-state index in [-0.39, 0.29) is 6.61 Å². The van der Waals surface area contributed by atoms with Crippen LogP contribution in [0.5, 0.6) is 5.75 Å². The van der Waals surface area contributed by atoms with Gasteiger partial charge in [0.1, 0.15) is 5.75 Å². The second kappa shape index (κ2) is 8.07. The SMILES string of the molecule is OCCN(Cc1nc(COc2ccccc2)no1)CC12CC3CC(CC(C3)C1)C2. The van der Waals surface area contributed by atoms with E-state index in [2.05, 4.69) is 15.0 Å². The Morgan fingerprint density at radius 2 is 1.76 bits per heavy atom. The first-order valence-corrected chi connectivity index (χ1v) is 11.0. The van der Waals surface area contributed by atoms with Crippen LogP contribution in [0.15, 0.2) is 34.9 Å². The summed E-state index contributed by atoms with van der Waals surface area (Å²) in [5.41, 5.74) is 0.434. The van der Waals surface area contributed by atoms with Crippen molar-refractivity contribution in [3.8, 4) is 5.75 Å². The lowest BCUT2D eigenvalue weighted by atomic mass is 9.49. The van der Waals surface area contributed by atoms with Crippen molar-refractivity contribution in [3.63, 3.8) is 0 Å². The van der Waals surface area contributed by atoms with Crippen LogP contribution < -0.4 is 4.74 Å². The maximum absolute atomic E-state index is 9.61. The van der Waals surface area contributed by atoms with Crippen LogP contribution in [0.3, 0.4) is 0 Å². The van der Waals surface area contributed by atoms with Gasteiger partial charge in [0.2, 0.25) is 11.7 Å². The molecule has 4 aliphatic carbocycles. The molecule has 0 radical (unpaired) electrons. The van der Waals surface area contributed by atoms with E-state index in [1.165, 1.54) is 38.5 Å². The number of aliphatic hydroxyl groups is 1. The largest absolute Gasteiger partial charge is 0.485 e. The van der Waals surface area contributed by atoms with Gasteiger partial charge < -0.3 is 14.4 Å². The van der Waals surface area contributed by atoms with Crippen molar-refractivity contribution in [1.29, 1.82) is 0 Å². The highest BCUT2D eigenvalue weighted by atomic mass is 16.5. The molecular formula is C23H31N3O3. The number of hydrogen-bond donors (Lipinski definition) is 1. The summed E-state index contributed by atoms with van der Waals surface area (Å²) in [7, 11) is 0. The van der Waals surface area contributed by atoms with Gasteiger partial charge in [0, 0.05) is 13.1 Å². The first kappa shape index (κ1) is 19.1. The third-order valence-electron chi connectivity index (χ3n) is 7.12. The number of aromatic nitrogens is 2. The van der Waals surface area contributed by atoms with Gasteiger partial charge in [-0.2, -0.15) is 4.98 Å². The normalized spacial score (nSPS) is 30.2. The van der Waals surface area contributed by atoms with E-state index >= 15 is 0 Å². The van der Waals surface area contributed by atoms with E-state index in [9.17, 15) is 5.11 Å². The fourth-order valence-corrected chi connectivity index (χ4v) is 6.58. The molecule has 0 amide bonds. The molecule has 1 heterocycles. The van der Waals surface area contributed by atoms with Crippen LogP contribution in [0.1, 0.15) is 50.2 Å². The summed E-state index contributed by atoms with van der Waals surface area (Å²) in [5.74, 6) is 4.76. The highest BCUT2D eigenvalue weighted by Crippen LogP contribution is 2.60. The molecule has 1 N–H and O–H groups in total.